The lowest BCUT2D eigenvalue weighted by Crippen LogP contribution is -1.97. The zero-order valence-corrected chi connectivity index (χ0v) is 12.3. The number of hydrogen-bond acceptors (Lipinski definition) is 3. The van der Waals surface area contributed by atoms with Crippen LogP contribution in [0.3, 0.4) is 0 Å². The molecule has 0 saturated heterocycles. The maximum atomic E-state index is 5.96. The first-order chi connectivity index (χ1) is 8.19. The van der Waals surface area contributed by atoms with Crippen molar-refractivity contribution in [3.8, 4) is 5.75 Å². The molecule has 90 valence electrons. The molecule has 0 aliphatic heterocycles. The van der Waals surface area contributed by atoms with Crippen molar-refractivity contribution in [2.24, 2.45) is 0 Å². The molecule has 2 aromatic rings. The molecule has 1 aromatic heterocycles. The number of hydrogen-bond donors (Lipinski definition) is 1. The van der Waals surface area contributed by atoms with Gasteiger partial charge in [0.05, 0.1) is 15.9 Å². The molecule has 2 nitrogen and oxygen atoms in total. The van der Waals surface area contributed by atoms with Gasteiger partial charge in [-0.2, -0.15) is 0 Å². The van der Waals surface area contributed by atoms with E-state index in [0.29, 0.717) is 10.8 Å². The molecule has 0 aliphatic rings. The Morgan fingerprint density at radius 2 is 2.18 bits per heavy atom. The van der Waals surface area contributed by atoms with Gasteiger partial charge in [-0.15, -0.1) is 11.3 Å². The molecule has 0 aliphatic carbocycles. The molecule has 0 fully saturated rings. The summed E-state index contributed by atoms with van der Waals surface area (Å²) >= 11 is 11.1. The first-order valence-corrected chi connectivity index (χ1v) is 6.99. The van der Waals surface area contributed by atoms with E-state index in [1.807, 2.05) is 24.3 Å². The van der Waals surface area contributed by atoms with Crippen LogP contribution in [0.4, 0.5) is 5.69 Å². The Hall–Kier alpha value is -0.710. The highest BCUT2D eigenvalue weighted by atomic mass is 79.9. The van der Waals surface area contributed by atoms with Crippen molar-refractivity contribution in [1.82, 2.24) is 0 Å². The van der Waals surface area contributed by atoms with Crippen LogP contribution in [-0.2, 0) is 6.54 Å². The van der Waals surface area contributed by atoms with E-state index in [1.54, 1.807) is 18.4 Å². The van der Waals surface area contributed by atoms with Crippen LogP contribution in [0.15, 0.2) is 34.1 Å². The van der Waals surface area contributed by atoms with Crippen LogP contribution in [0.2, 0.25) is 5.02 Å². The van der Waals surface area contributed by atoms with Crippen LogP contribution in [0.1, 0.15) is 4.88 Å². The van der Waals surface area contributed by atoms with Gasteiger partial charge in [0.1, 0.15) is 5.75 Å². The quantitative estimate of drug-likeness (QED) is 0.869. The molecule has 0 bridgehead atoms. The van der Waals surface area contributed by atoms with E-state index in [0.717, 1.165) is 16.0 Å². The van der Waals surface area contributed by atoms with Crippen LogP contribution in [0, 0.1) is 0 Å². The highest BCUT2D eigenvalue weighted by Gasteiger charge is 2.02. The number of nitrogens with one attached hydrogen (secondary N) is 1. The zero-order valence-electron chi connectivity index (χ0n) is 9.17. The monoisotopic (exact) mass is 331 g/mol. The number of anilines is 1. The van der Waals surface area contributed by atoms with Gasteiger partial charge in [0, 0.05) is 23.2 Å². The molecule has 1 heterocycles. The molecule has 1 N–H and O–H groups in total. The van der Waals surface area contributed by atoms with E-state index in [1.165, 1.54) is 4.88 Å². The van der Waals surface area contributed by atoms with Crippen molar-refractivity contribution in [3.63, 3.8) is 0 Å². The number of thiophene rings is 1. The number of halogens is 2. The molecule has 0 amide bonds. The third-order valence-corrected chi connectivity index (χ3v) is 4.18. The molecule has 0 atom stereocenters. The molecule has 2 rings (SSSR count). The smallest absolute Gasteiger partial charge is 0.139 e. The van der Waals surface area contributed by atoms with Crippen LogP contribution < -0.4 is 10.1 Å². The molecular formula is C12H11BrClNOS. The molecule has 0 unspecified atom stereocenters. The third-order valence-electron chi connectivity index (χ3n) is 2.25. The molecule has 0 spiro atoms. The topological polar surface area (TPSA) is 21.3 Å². The summed E-state index contributed by atoms with van der Waals surface area (Å²) in [4.78, 5) is 1.27. The lowest BCUT2D eigenvalue weighted by atomic mass is 10.3. The summed E-state index contributed by atoms with van der Waals surface area (Å²) in [6, 6.07) is 9.80. The molecule has 0 radical (unpaired) electrons. The minimum Gasteiger partial charge on any atom is -0.495 e. The highest BCUT2D eigenvalue weighted by molar-refractivity contribution is 9.11. The van der Waals surface area contributed by atoms with Gasteiger partial charge in [-0.25, -0.2) is 0 Å². The Bertz CT molecular complexity index is 515. The fraction of sp³-hybridized carbons (Fsp3) is 0.167. The lowest BCUT2D eigenvalue weighted by Gasteiger charge is -2.08. The second-order valence-electron chi connectivity index (χ2n) is 3.41. The maximum absolute atomic E-state index is 5.96. The number of rotatable bonds is 4. The first kappa shape index (κ1) is 12.7. The fourth-order valence-electron chi connectivity index (χ4n) is 1.41. The first-order valence-electron chi connectivity index (χ1n) is 5.00. The summed E-state index contributed by atoms with van der Waals surface area (Å²) in [5.74, 6) is 0.684. The van der Waals surface area contributed by atoms with Crippen LogP contribution >= 0.6 is 38.9 Å². The van der Waals surface area contributed by atoms with Crippen molar-refractivity contribution < 1.29 is 4.74 Å². The summed E-state index contributed by atoms with van der Waals surface area (Å²) in [5.41, 5.74) is 0.996. The van der Waals surface area contributed by atoms with Crippen LogP contribution in [0.25, 0.3) is 0 Å². The van der Waals surface area contributed by atoms with E-state index in [4.69, 9.17) is 16.3 Å². The van der Waals surface area contributed by atoms with Crippen molar-refractivity contribution in [1.29, 1.82) is 0 Å². The normalized spacial score (nSPS) is 10.3. The van der Waals surface area contributed by atoms with Gasteiger partial charge < -0.3 is 10.1 Å². The summed E-state index contributed by atoms with van der Waals surface area (Å²) in [5, 5.41) is 3.95. The summed E-state index contributed by atoms with van der Waals surface area (Å²) in [6.45, 7) is 0.793. The van der Waals surface area contributed by atoms with Gasteiger partial charge in [0.15, 0.2) is 0 Å². The van der Waals surface area contributed by atoms with Gasteiger partial charge in [0.2, 0.25) is 0 Å². The van der Waals surface area contributed by atoms with Gasteiger partial charge in [-0.05, 0) is 40.2 Å². The average Bonchev–Trinajstić information content (AvgIpc) is 2.74. The van der Waals surface area contributed by atoms with E-state index in [-0.39, 0.29) is 0 Å². The van der Waals surface area contributed by atoms with Gasteiger partial charge in [-0.3, -0.25) is 0 Å². The Labute approximate surface area is 118 Å². The number of benzene rings is 1. The predicted molar refractivity (Wildman–Crippen MR) is 77.3 cm³/mol. The maximum Gasteiger partial charge on any atom is 0.139 e. The molecule has 5 heteroatoms. The van der Waals surface area contributed by atoms with E-state index in [2.05, 4.69) is 27.3 Å². The third kappa shape index (κ3) is 3.37. The fourth-order valence-corrected chi connectivity index (χ4v) is 3.02. The number of ether oxygens (including phenoxy) is 1. The highest BCUT2D eigenvalue weighted by Crippen LogP contribution is 2.28. The number of methoxy groups -OCH3 is 1. The Balaban J connectivity index is 2.04. The molecular weight excluding hydrogens is 322 g/mol. The van der Waals surface area contributed by atoms with E-state index >= 15 is 0 Å². The zero-order chi connectivity index (χ0) is 12.3. The van der Waals surface area contributed by atoms with Crippen LogP contribution in [-0.4, -0.2) is 7.11 Å². The summed E-state index contributed by atoms with van der Waals surface area (Å²) < 4.78 is 6.31. The Morgan fingerprint density at radius 3 is 2.82 bits per heavy atom. The second kappa shape index (κ2) is 5.76. The van der Waals surface area contributed by atoms with Gasteiger partial charge in [-0.1, -0.05) is 11.6 Å². The van der Waals surface area contributed by atoms with Gasteiger partial charge in [0.25, 0.3) is 0 Å². The minimum atomic E-state index is 0.622. The van der Waals surface area contributed by atoms with Crippen LogP contribution in [0.5, 0.6) is 5.75 Å². The van der Waals surface area contributed by atoms with Crippen molar-refractivity contribution >= 4 is 44.6 Å². The van der Waals surface area contributed by atoms with Crippen molar-refractivity contribution in [2.75, 3.05) is 12.4 Å². The largest absolute Gasteiger partial charge is 0.495 e. The van der Waals surface area contributed by atoms with Gasteiger partial charge >= 0.3 is 0 Å². The van der Waals surface area contributed by atoms with E-state index in [9.17, 15) is 0 Å². The Kier molecular flexibility index (Phi) is 4.31. The lowest BCUT2D eigenvalue weighted by molar-refractivity contribution is 0.415. The standard InChI is InChI=1S/C12H11BrClNOS/c1-16-11-6-8(2-4-10(11)14)15-7-9-3-5-12(13)17-9/h2-6,15H,7H2,1H3. The SMILES string of the molecule is COc1cc(NCc2ccc(Br)s2)ccc1Cl. The molecule has 0 saturated carbocycles. The van der Waals surface area contributed by atoms with E-state index < -0.39 is 0 Å². The van der Waals surface area contributed by atoms with Crippen molar-refractivity contribution in [3.05, 3.63) is 44.0 Å². The summed E-state index contributed by atoms with van der Waals surface area (Å²) in [7, 11) is 1.61. The van der Waals surface area contributed by atoms with Crippen molar-refractivity contribution in [2.45, 2.75) is 6.54 Å². The predicted octanol–water partition coefficient (Wildman–Crippen LogP) is 4.78. The average molecular weight is 333 g/mol. The minimum absolute atomic E-state index is 0.622. The summed E-state index contributed by atoms with van der Waals surface area (Å²) in [6.07, 6.45) is 0. The molecule has 17 heavy (non-hydrogen) atoms. The Morgan fingerprint density at radius 1 is 1.35 bits per heavy atom. The second-order valence-corrected chi connectivity index (χ2v) is 6.36. The molecule has 1 aromatic carbocycles.